The smallest absolute Gasteiger partial charge is 0.255 e. The largest absolute Gasteiger partial charge is 0.375 e. The lowest BCUT2D eigenvalue weighted by Gasteiger charge is -2.40. The van der Waals surface area contributed by atoms with Gasteiger partial charge in [0.1, 0.15) is 6.61 Å². The third-order valence-electron chi connectivity index (χ3n) is 5.32. The van der Waals surface area contributed by atoms with Gasteiger partial charge in [-0.15, -0.1) is 0 Å². The third kappa shape index (κ3) is 4.87. The standard InChI is InChI=1S/C24H26N4O3S/c1-16-21(23(30)27-18-7-4-3-5-8-18)22(28-13-6-14-32-24(28)25-16)17-9-11-19(12-10-17)26-20(29)15-31-2/h3-5,7-12,22H,6,13-15H2,1-2H3,(H,26,29)(H,27,30). The molecule has 2 N–H and O–H groups in total. The summed E-state index contributed by atoms with van der Waals surface area (Å²) in [5, 5.41) is 6.78. The van der Waals surface area contributed by atoms with E-state index >= 15 is 0 Å². The average molecular weight is 451 g/mol. The Labute approximate surface area is 191 Å². The topological polar surface area (TPSA) is 83.0 Å². The molecule has 1 atom stereocenters. The highest BCUT2D eigenvalue weighted by molar-refractivity contribution is 8.13. The highest BCUT2D eigenvalue weighted by Gasteiger charge is 2.37. The number of amidine groups is 1. The number of para-hydroxylation sites is 1. The number of aliphatic imine (C=N–C) groups is 1. The van der Waals surface area contributed by atoms with Gasteiger partial charge in [-0.1, -0.05) is 42.1 Å². The molecule has 0 aliphatic carbocycles. The maximum Gasteiger partial charge on any atom is 0.255 e. The molecule has 8 heteroatoms. The van der Waals surface area contributed by atoms with Crippen molar-refractivity contribution in [3.63, 3.8) is 0 Å². The summed E-state index contributed by atoms with van der Waals surface area (Å²) >= 11 is 1.72. The first-order valence-corrected chi connectivity index (χ1v) is 11.5. The maximum atomic E-state index is 13.4. The van der Waals surface area contributed by atoms with Gasteiger partial charge in [0, 0.05) is 30.8 Å². The fourth-order valence-electron chi connectivity index (χ4n) is 3.90. The number of carbonyl (C=O) groups excluding carboxylic acids is 2. The molecular weight excluding hydrogens is 424 g/mol. The van der Waals surface area contributed by atoms with Gasteiger partial charge in [0.05, 0.1) is 17.3 Å². The van der Waals surface area contributed by atoms with Gasteiger partial charge in [0.25, 0.3) is 5.91 Å². The zero-order valence-corrected chi connectivity index (χ0v) is 18.9. The van der Waals surface area contributed by atoms with Crippen LogP contribution in [-0.4, -0.2) is 47.9 Å². The Morgan fingerprint density at radius 1 is 1.09 bits per heavy atom. The molecular formula is C24H26N4O3S. The van der Waals surface area contributed by atoms with E-state index in [9.17, 15) is 9.59 Å². The van der Waals surface area contributed by atoms with E-state index in [0.29, 0.717) is 11.3 Å². The highest BCUT2D eigenvalue weighted by atomic mass is 32.2. The number of methoxy groups -OCH3 is 1. The van der Waals surface area contributed by atoms with Crippen LogP contribution in [0.2, 0.25) is 0 Å². The fourth-order valence-corrected chi connectivity index (χ4v) is 4.92. The van der Waals surface area contributed by atoms with E-state index in [-0.39, 0.29) is 24.5 Å². The Hall–Kier alpha value is -3.10. The number of ether oxygens (including phenoxy) is 1. The lowest BCUT2D eigenvalue weighted by atomic mass is 9.93. The first-order chi connectivity index (χ1) is 15.6. The number of rotatable bonds is 6. The van der Waals surface area contributed by atoms with Crippen LogP contribution >= 0.6 is 11.8 Å². The van der Waals surface area contributed by atoms with E-state index in [1.165, 1.54) is 7.11 Å². The molecule has 2 aromatic rings. The van der Waals surface area contributed by atoms with E-state index in [0.717, 1.165) is 40.8 Å². The van der Waals surface area contributed by atoms with Crippen molar-refractivity contribution in [1.82, 2.24) is 4.90 Å². The van der Waals surface area contributed by atoms with Crippen molar-refractivity contribution >= 4 is 40.1 Å². The van der Waals surface area contributed by atoms with Gasteiger partial charge in [-0.3, -0.25) is 9.59 Å². The van der Waals surface area contributed by atoms with Gasteiger partial charge in [-0.2, -0.15) is 0 Å². The maximum absolute atomic E-state index is 13.4. The summed E-state index contributed by atoms with van der Waals surface area (Å²) in [6.07, 6.45) is 1.03. The number of nitrogens with one attached hydrogen (secondary N) is 2. The highest BCUT2D eigenvalue weighted by Crippen LogP contribution is 2.40. The van der Waals surface area contributed by atoms with Crippen molar-refractivity contribution in [2.24, 2.45) is 4.99 Å². The van der Waals surface area contributed by atoms with Gasteiger partial charge < -0.3 is 20.3 Å². The number of carbonyl (C=O) groups is 2. The molecule has 2 aliphatic heterocycles. The predicted octanol–water partition coefficient (Wildman–Crippen LogP) is 4.03. The van der Waals surface area contributed by atoms with Crippen LogP contribution in [0.5, 0.6) is 0 Å². The normalized spacial score (nSPS) is 18.0. The zero-order valence-electron chi connectivity index (χ0n) is 18.1. The SMILES string of the molecule is COCC(=O)Nc1ccc(C2C(C(=O)Nc3ccccc3)=C(C)N=C3SCCCN32)cc1. The van der Waals surface area contributed by atoms with Crippen molar-refractivity contribution in [3.05, 3.63) is 71.4 Å². The summed E-state index contributed by atoms with van der Waals surface area (Å²) in [6.45, 7) is 2.73. The van der Waals surface area contributed by atoms with Crippen molar-refractivity contribution in [1.29, 1.82) is 0 Å². The van der Waals surface area contributed by atoms with Crippen molar-refractivity contribution < 1.29 is 14.3 Å². The first kappa shape index (κ1) is 22.1. The summed E-state index contributed by atoms with van der Waals surface area (Å²) in [4.78, 5) is 32.2. The quantitative estimate of drug-likeness (QED) is 0.694. The summed E-state index contributed by atoms with van der Waals surface area (Å²) in [6, 6.07) is 16.8. The van der Waals surface area contributed by atoms with Crippen LogP contribution in [0.1, 0.15) is 24.9 Å². The van der Waals surface area contributed by atoms with E-state index in [1.54, 1.807) is 11.8 Å². The Kier molecular flexibility index (Phi) is 6.92. The van der Waals surface area contributed by atoms with Crippen molar-refractivity contribution in [2.45, 2.75) is 19.4 Å². The summed E-state index contributed by atoms with van der Waals surface area (Å²) in [5.41, 5.74) is 3.76. The lowest BCUT2D eigenvalue weighted by molar-refractivity contribution is -0.119. The third-order valence-corrected chi connectivity index (χ3v) is 6.40. The lowest BCUT2D eigenvalue weighted by Crippen LogP contribution is -2.43. The number of thioether (sulfide) groups is 1. The minimum atomic E-state index is -0.247. The second-order valence-electron chi connectivity index (χ2n) is 7.61. The van der Waals surface area contributed by atoms with Crippen LogP contribution in [0, 0.1) is 0 Å². The molecule has 1 saturated heterocycles. The number of nitrogens with zero attached hydrogens (tertiary/aromatic N) is 2. The number of amides is 2. The van der Waals surface area contributed by atoms with Gasteiger partial charge in [0.2, 0.25) is 5.91 Å². The molecule has 0 spiro atoms. The Morgan fingerprint density at radius 2 is 1.81 bits per heavy atom. The van der Waals surface area contributed by atoms with E-state index in [2.05, 4.69) is 15.5 Å². The molecule has 0 saturated carbocycles. The fraction of sp³-hybridized carbons (Fsp3) is 0.292. The first-order valence-electron chi connectivity index (χ1n) is 10.5. The Balaban J connectivity index is 1.66. The summed E-state index contributed by atoms with van der Waals surface area (Å²) < 4.78 is 4.87. The number of hydrogen-bond donors (Lipinski definition) is 2. The van der Waals surface area contributed by atoms with E-state index < -0.39 is 0 Å². The number of hydrogen-bond acceptors (Lipinski definition) is 6. The molecule has 166 valence electrons. The van der Waals surface area contributed by atoms with Crippen LogP contribution in [0.15, 0.2) is 70.9 Å². The molecule has 7 nitrogen and oxygen atoms in total. The van der Waals surface area contributed by atoms with Gasteiger partial charge >= 0.3 is 0 Å². The molecule has 2 aliphatic rings. The molecule has 0 aromatic heterocycles. The molecule has 0 bridgehead atoms. The molecule has 1 unspecified atom stereocenters. The Bertz CT molecular complexity index is 1050. The van der Waals surface area contributed by atoms with Crippen molar-refractivity contribution in [2.75, 3.05) is 36.6 Å². The molecule has 32 heavy (non-hydrogen) atoms. The van der Waals surface area contributed by atoms with Crippen LogP contribution < -0.4 is 10.6 Å². The van der Waals surface area contributed by atoms with Crippen LogP contribution in [-0.2, 0) is 14.3 Å². The number of benzene rings is 2. The van der Waals surface area contributed by atoms with Gasteiger partial charge in [-0.05, 0) is 43.2 Å². The van der Waals surface area contributed by atoms with Crippen LogP contribution in [0.4, 0.5) is 11.4 Å². The zero-order chi connectivity index (χ0) is 22.5. The monoisotopic (exact) mass is 450 g/mol. The summed E-state index contributed by atoms with van der Waals surface area (Å²) in [5.74, 6) is 0.652. The Morgan fingerprint density at radius 3 is 2.53 bits per heavy atom. The average Bonchev–Trinajstić information content (AvgIpc) is 2.79. The number of fused-ring (bicyclic) bond motifs is 1. The van der Waals surface area contributed by atoms with Crippen LogP contribution in [0.25, 0.3) is 0 Å². The van der Waals surface area contributed by atoms with Gasteiger partial charge in [0.15, 0.2) is 5.17 Å². The second kappa shape index (κ2) is 10.0. The molecule has 2 aromatic carbocycles. The van der Waals surface area contributed by atoms with E-state index in [1.807, 2.05) is 61.5 Å². The van der Waals surface area contributed by atoms with Crippen molar-refractivity contribution in [3.8, 4) is 0 Å². The molecule has 1 fully saturated rings. The van der Waals surface area contributed by atoms with Crippen LogP contribution in [0.3, 0.4) is 0 Å². The number of allylic oxidation sites excluding steroid dienone is 1. The molecule has 4 rings (SSSR count). The molecule has 0 radical (unpaired) electrons. The molecule has 2 amide bonds. The second-order valence-corrected chi connectivity index (χ2v) is 8.68. The minimum absolute atomic E-state index is 0.000932. The summed E-state index contributed by atoms with van der Waals surface area (Å²) in [7, 11) is 1.48. The minimum Gasteiger partial charge on any atom is -0.375 e. The molecule has 2 heterocycles. The number of anilines is 2. The van der Waals surface area contributed by atoms with Gasteiger partial charge in [-0.25, -0.2) is 4.99 Å². The predicted molar refractivity (Wildman–Crippen MR) is 129 cm³/mol. The van der Waals surface area contributed by atoms with E-state index in [4.69, 9.17) is 9.73 Å².